The highest BCUT2D eigenvalue weighted by Crippen LogP contribution is 2.52. The average Bonchev–Trinajstić information content (AvgIpc) is 2.24. The highest BCUT2D eigenvalue weighted by Gasteiger charge is 2.44. The molecule has 3 N–H and O–H groups in total. The number of rotatable bonds is 4. The van der Waals surface area contributed by atoms with Gasteiger partial charge in [-0.25, -0.2) is 0 Å². The van der Waals surface area contributed by atoms with Crippen LogP contribution in [0.5, 0.6) is 0 Å². The van der Waals surface area contributed by atoms with Gasteiger partial charge < -0.3 is 10.8 Å². The van der Waals surface area contributed by atoms with E-state index < -0.39 is 5.97 Å². The normalized spacial score (nSPS) is 28.4. The molecule has 0 amide bonds. The van der Waals surface area contributed by atoms with Crippen molar-refractivity contribution in [1.82, 2.24) is 0 Å². The molecule has 0 radical (unpaired) electrons. The van der Waals surface area contributed by atoms with Gasteiger partial charge in [0.1, 0.15) is 0 Å². The van der Waals surface area contributed by atoms with E-state index in [0.29, 0.717) is 12.5 Å². The molecule has 0 saturated heterocycles. The van der Waals surface area contributed by atoms with Gasteiger partial charge in [-0.15, -0.1) is 0 Å². The summed E-state index contributed by atoms with van der Waals surface area (Å²) in [6.07, 6.45) is 2.01. The van der Waals surface area contributed by atoms with E-state index in [1.165, 1.54) is 5.56 Å². The zero-order valence-corrected chi connectivity index (χ0v) is 9.23. The highest BCUT2D eigenvalue weighted by molar-refractivity contribution is 5.68. The molecule has 86 valence electrons. The number of aliphatic carboxylic acids is 1. The molecule has 3 heteroatoms. The van der Waals surface area contributed by atoms with E-state index >= 15 is 0 Å². The van der Waals surface area contributed by atoms with Gasteiger partial charge in [0.25, 0.3) is 0 Å². The lowest BCUT2D eigenvalue weighted by molar-refractivity contribution is -0.141. The summed E-state index contributed by atoms with van der Waals surface area (Å²) >= 11 is 0. The Morgan fingerprint density at radius 3 is 2.50 bits per heavy atom. The van der Waals surface area contributed by atoms with E-state index in [4.69, 9.17) is 10.8 Å². The third-order valence-corrected chi connectivity index (χ3v) is 3.59. The summed E-state index contributed by atoms with van der Waals surface area (Å²) in [6.45, 7) is 0.475. The van der Waals surface area contributed by atoms with Crippen LogP contribution < -0.4 is 5.73 Å². The lowest BCUT2D eigenvalue weighted by Gasteiger charge is -2.46. The van der Waals surface area contributed by atoms with Crippen molar-refractivity contribution in [3.8, 4) is 0 Å². The Kier molecular flexibility index (Phi) is 2.97. The van der Waals surface area contributed by atoms with Gasteiger partial charge >= 0.3 is 5.97 Å². The van der Waals surface area contributed by atoms with Gasteiger partial charge in [0.15, 0.2) is 0 Å². The smallest absolute Gasteiger partial charge is 0.303 e. The predicted octanol–water partition coefficient (Wildman–Crippen LogP) is 1.98. The number of hydrogen-bond donors (Lipinski definition) is 2. The maximum absolute atomic E-state index is 10.8. The third-order valence-electron chi connectivity index (χ3n) is 3.59. The van der Waals surface area contributed by atoms with Gasteiger partial charge in [0.05, 0.1) is 6.42 Å². The molecule has 1 aromatic rings. The van der Waals surface area contributed by atoms with E-state index in [0.717, 1.165) is 12.8 Å². The highest BCUT2D eigenvalue weighted by atomic mass is 16.4. The van der Waals surface area contributed by atoms with Crippen molar-refractivity contribution in [2.75, 3.05) is 6.54 Å². The molecule has 16 heavy (non-hydrogen) atoms. The van der Waals surface area contributed by atoms with Crippen LogP contribution in [0.2, 0.25) is 0 Å². The molecule has 1 aliphatic carbocycles. The largest absolute Gasteiger partial charge is 0.481 e. The van der Waals surface area contributed by atoms with Crippen molar-refractivity contribution in [1.29, 1.82) is 0 Å². The number of carbonyl (C=O) groups is 1. The second-order valence-corrected chi connectivity index (χ2v) is 4.79. The standard InChI is InChI=1S/C13H17NO2/c14-9-13(8-12(15)16)6-11(7-13)10-4-2-1-3-5-10/h1-5,11H,6-9,14H2,(H,15,16)/t11-,13-. The minimum atomic E-state index is -0.739. The fourth-order valence-corrected chi connectivity index (χ4v) is 2.65. The van der Waals surface area contributed by atoms with Crippen molar-refractivity contribution in [2.24, 2.45) is 11.1 Å². The number of nitrogens with two attached hydrogens (primary N) is 1. The average molecular weight is 219 g/mol. The van der Waals surface area contributed by atoms with Crippen LogP contribution in [0.4, 0.5) is 0 Å². The third kappa shape index (κ3) is 2.09. The molecular weight excluding hydrogens is 202 g/mol. The number of hydrogen-bond acceptors (Lipinski definition) is 2. The molecule has 1 aliphatic rings. The summed E-state index contributed by atoms with van der Waals surface area (Å²) in [4.78, 5) is 10.8. The number of carboxylic acids is 1. The van der Waals surface area contributed by atoms with Crippen molar-refractivity contribution in [3.63, 3.8) is 0 Å². The topological polar surface area (TPSA) is 63.3 Å². The Bertz CT molecular complexity index is 369. The quantitative estimate of drug-likeness (QED) is 0.814. The van der Waals surface area contributed by atoms with Crippen molar-refractivity contribution in [2.45, 2.75) is 25.2 Å². The molecule has 0 aromatic heterocycles. The molecule has 0 unspecified atom stereocenters. The molecule has 2 rings (SSSR count). The van der Waals surface area contributed by atoms with Crippen molar-refractivity contribution in [3.05, 3.63) is 35.9 Å². The first-order valence-corrected chi connectivity index (χ1v) is 5.62. The van der Waals surface area contributed by atoms with Gasteiger partial charge in [-0.3, -0.25) is 4.79 Å². The molecular formula is C13H17NO2. The summed E-state index contributed by atoms with van der Waals surface area (Å²) in [7, 11) is 0. The van der Waals surface area contributed by atoms with Crippen LogP contribution in [0.25, 0.3) is 0 Å². The van der Waals surface area contributed by atoms with E-state index in [9.17, 15) is 4.79 Å². The fourth-order valence-electron chi connectivity index (χ4n) is 2.65. The first-order valence-electron chi connectivity index (χ1n) is 5.62. The maximum atomic E-state index is 10.8. The van der Waals surface area contributed by atoms with Crippen molar-refractivity contribution < 1.29 is 9.90 Å². The molecule has 1 saturated carbocycles. The molecule has 0 bridgehead atoms. The minimum absolute atomic E-state index is 0.160. The summed E-state index contributed by atoms with van der Waals surface area (Å²) in [5, 5.41) is 8.85. The van der Waals surface area contributed by atoms with E-state index in [2.05, 4.69) is 12.1 Å². The molecule has 3 nitrogen and oxygen atoms in total. The Labute approximate surface area is 95.3 Å². The molecule has 0 spiro atoms. The Morgan fingerprint density at radius 2 is 2.00 bits per heavy atom. The zero-order valence-electron chi connectivity index (χ0n) is 9.23. The maximum Gasteiger partial charge on any atom is 0.303 e. The van der Waals surface area contributed by atoms with Crippen LogP contribution in [0.15, 0.2) is 30.3 Å². The van der Waals surface area contributed by atoms with Gasteiger partial charge in [-0.1, -0.05) is 30.3 Å². The van der Waals surface area contributed by atoms with Crippen LogP contribution in [-0.2, 0) is 4.79 Å². The summed E-state index contributed by atoms with van der Waals surface area (Å²) in [6, 6.07) is 10.2. The van der Waals surface area contributed by atoms with Gasteiger partial charge in [0, 0.05) is 0 Å². The summed E-state index contributed by atoms with van der Waals surface area (Å²) in [5.74, 6) is -0.249. The van der Waals surface area contributed by atoms with E-state index in [1.54, 1.807) is 0 Å². The van der Waals surface area contributed by atoms with Gasteiger partial charge in [-0.2, -0.15) is 0 Å². The number of carboxylic acid groups (broad SMARTS) is 1. The predicted molar refractivity (Wildman–Crippen MR) is 62.2 cm³/mol. The molecule has 0 atom stereocenters. The Hall–Kier alpha value is -1.35. The van der Waals surface area contributed by atoms with Crippen LogP contribution in [0.1, 0.15) is 30.7 Å². The van der Waals surface area contributed by atoms with Crippen LogP contribution in [-0.4, -0.2) is 17.6 Å². The van der Waals surface area contributed by atoms with Crippen LogP contribution in [0, 0.1) is 5.41 Å². The lowest BCUT2D eigenvalue weighted by atomic mass is 9.58. The SMILES string of the molecule is NC[C@]1(CC(=O)O)C[C@@H](c2ccccc2)C1. The van der Waals surface area contributed by atoms with Crippen molar-refractivity contribution >= 4 is 5.97 Å². The van der Waals surface area contributed by atoms with E-state index in [1.807, 2.05) is 18.2 Å². The number of benzene rings is 1. The lowest BCUT2D eigenvalue weighted by Crippen LogP contribution is -2.43. The Morgan fingerprint density at radius 1 is 1.38 bits per heavy atom. The molecule has 0 aliphatic heterocycles. The summed E-state index contributed by atoms with van der Waals surface area (Å²) in [5.41, 5.74) is 6.84. The Balaban J connectivity index is 2.00. The second kappa shape index (κ2) is 4.26. The molecule has 1 aromatic carbocycles. The van der Waals surface area contributed by atoms with Gasteiger partial charge in [0.2, 0.25) is 0 Å². The van der Waals surface area contributed by atoms with Crippen LogP contribution >= 0.6 is 0 Å². The molecule has 0 heterocycles. The first kappa shape index (κ1) is 11.1. The second-order valence-electron chi connectivity index (χ2n) is 4.79. The van der Waals surface area contributed by atoms with Gasteiger partial charge in [-0.05, 0) is 36.3 Å². The monoisotopic (exact) mass is 219 g/mol. The van der Waals surface area contributed by atoms with Crippen LogP contribution in [0.3, 0.4) is 0 Å². The fraction of sp³-hybridized carbons (Fsp3) is 0.462. The zero-order chi connectivity index (χ0) is 11.6. The van der Waals surface area contributed by atoms with E-state index in [-0.39, 0.29) is 11.8 Å². The minimum Gasteiger partial charge on any atom is -0.481 e. The first-order chi connectivity index (χ1) is 7.65. The summed E-state index contributed by atoms with van der Waals surface area (Å²) < 4.78 is 0. The molecule has 1 fully saturated rings.